The van der Waals surface area contributed by atoms with Gasteiger partial charge in [-0.1, -0.05) is 12.1 Å². The van der Waals surface area contributed by atoms with Crippen molar-refractivity contribution in [3.8, 4) is 17.2 Å². The minimum Gasteiger partial charge on any atom is -0.497 e. The molecule has 0 radical (unpaired) electrons. The minimum absolute atomic E-state index is 0.369. The van der Waals surface area contributed by atoms with E-state index in [1.807, 2.05) is 31.2 Å². The van der Waals surface area contributed by atoms with Crippen molar-refractivity contribution in [2.24, 2.45) is 5.10 Å². The lowest BCUT2D eigenvalue weighted by Crippen LogP contribution is -2.18. The lowest BCUT2D eigenvalue weighted by atomic mass is 10.2. The molecule has 0 saturated heterocycles. The maximum Gasteiger partial charge on any atom is 0.275 e. The molecule has 0 fully saturated rings. The summed E-state index contributed by atoms with van der Waals surface area (Å²) >= 11 is 0. The highest BCUT2D eigenvalue weighted by Gasteiger charge is 2.12. The number of para-hydroxylation sites is 1. The molecule has 0 aliphatic rings. The number of amides is 1. The number of nitrogens with zero attached hydrogens (tertiary/aromatic N) is 1. The van der Waals surface area contributed by atoms with Crippen LogP contribution in [0.15, 0.2) is 47.6 Å². The molecule has 0 aliphatic heterocycles. The molecule has 2 aromatic rings. The zero-order valence-corrected chi connectivity index (χ0v) is 13.9. The van der Waals surface area contributed by atoms with Crippen LogP contribution in [0, 0.1) is 0 Å². The van der Waals surface area contributed by atoms with Crippen molar-refractivity contribution in [1.29, 1.82) is 0 Å². The Morgan fingerprint density at radius 3 is 2.62 bits per heavy atom. The van der Waals surface area contributed by atoms with Gasteiger partial charge >= 0.3 is 0 Å². The van der Waals surface area contributed by atoms with E-state index < -0.39 is 0 Å². The van der Waals surface area contributed by atoms with Gasteiger partial charge in [0.2, 0.25) is 0 Å². The Kier molecular flexibility index (Phi) is 6.19. The van der Waals surface area contributed by atoms with Crippen LogP contribution in [0.3, 0.4) is 0 Å². The maximum absolute atomic E-state index is 12.2. The van der Waals surface area contributed by atoms with Crippen molar-refractivity contribution < 1.29 is 19.0 Å². The molecule has 6 heteroatoms. The van der Waals surface area contributed by atoms with Crippen molar-refractivity contribution in [3.63, 3.8) is 0 Å². The Morgan fingerprint density at radius 1 is 1.12 bits per heavy atom. The molecule has 0 unspecified atom stereocenters. The third kappa shape index (κ3) is 4.25. The predicted molar refractivity (Wildman–Crippen MR) is 92.2 cm³/mol. The summed E-state index contributed by atoms with van der Waals surface area (Å²) in [6.07, 6.45) is 1.54. The van der Waals surface area contributed by atoms with E-state index in [9.17, 15) is 4.79 Å². The molecule has 0 spiro atoms. The van der Waals surface area contributed by atoms with Crippen LogP contribution in [0.2, 0.25) is 0 Å². The van der Waals surface area contributed by atoms with Crippen LogP contribution >= 0.6 is 0 Å². The summed E-state index contributed by atoms with van der Waals surface area (Å²) in [7, 11) is 3.04. The zero-order valence-electron chi connectivity index (χ0n) is 13.9. The van der Waals surface area contributed by atoms with Gasteiger partial charge in [0.1, 0.15) is 17.2 Å². The van der Waals surface area contributed by atoms with Crippen LogP contribution in [0.5, 0.6) is 17.2 Å². The van der Waals surface area contributed by atoms with Gasteiger partial charge in [-0.3, -0.25) is 4.79 Å². The van der Waals surface area contributed by atoms with E-state index in [0.717, 1.165) is 5.56 Å². The monoisotopic (exact) mass is 328 g/mol. The Morgan fingerprint density at radius 2 is 1.92 bits per heavy atom. The summed E-state index contributed by atoms with van der Waals surface area (Å²) in [5, 5.41) is 3.99. The Labute approximate surface area is 141 Å². The Bertz CT molecular complexity index is 729. The number of hydrazone groups is 1. The van der Waals surface area contributed by atoms with Crippen LogP contribution in [-0.4, -0.2) is 32.9 Å². The van der Waals surface area contributed by atoms with Crippen molar-refractivity contribution in [1.82, 2.24) is 5.43 Å². The molecular formula is C18H20N2O4. The number of ether oxygens (including phenoxy) is 3. The van der Waals surface area contributed by atoms with Crippen molar-refractivity contribution in [2.45, 2.75) is 6.92 Å². The van der Waals surface area contributed by atoms with Gasteiger partial charge in [0.25, 0.3) is 5.91 Å². The van der Waals surface area contributed by atoms with E-state index in [4.69, 9.17) is 14.2 Å². The normalized spacial score (nSPS) is 10.5. The molecular weight excluding hydrogens is 308 g/mol. The van der Waals surface area contributed by atoms with Crippen LogP contribution in [0.4, 0.5) is 0 Å². The molecule has 0 heterocycles. The second-order valence-corrected chi connectivity index (χ2v) is 4.74. The minimum atomic E-state index is -0.375. The summed E-state index contributed by atoms with van der Waals surface area (Å²) in [5.74, 6) is 1.36. The maximum atomic E-state index is 12.2. The van der Waals surface area contributed by atoms with Crippen LogP contribution in [-0.2, 0) is 0 Å². The van der Waals surface area contributed by atoms with Crippen molar-refractivity contribution >= 4 is 12.1 Å². The van der Waals surface area contributed by atoms with Gasteiger partial charge in [0, 0.05) is 11.6 Å². The highest BCUT2D eigenvalue weighted by molar-refractivity contribution is 5.97. The molecule has 0 aliphatic carbocycles. The van der Waals surface area contributed by atoms with Crippen LogP contribution < -0.4 is 19.6 Å². The largest absolute Gasteiger partial charge is 0.497 e. The molecule has 2 rings (SSSR count). The first-order valence-electron chi connectivity index (χ1n) is 7.46. The summed E-state index contributed by atoms with van der Waals surface area (Å²) in [4.78, 5) is 12.2. The second-order valence-electron chi connectivity index (χ2n) is 4.74. The fraction of sp³-hybridized carbons (Fsp3) is 0.222. The molecule has 2 aromatic carbocycles. The zero-order chi connectivity index (χ0) is 17.4. The quantitative estimate of drug-likeness (QED) is 0.627. The number of benzene rings is 2. The standard InChI is InChI=1S/C18H20N2O4/c1-4-24-16-8-6-5-7-13(16)12-19-20-18(21)15-10-9-14(22-2)11-17(15)23-3/h5-12H,4H2,1-3H3,(H,20,21)/b19-12-. The number of rotatable bonds is 7. The van der Waals surface area contributed by atoms with Crippen LogP contribution in [0.25, 0.3) is 0 Å². The first kappa shape index (κ1) is 17.3. The molecule has 6 nitrogen and oxygen atoms in total. The van der Waals surface area contributed by atoms with Gasteiger partial charge in [0.05, 0.1) is 32.6 Å². The van der Waals surface area contributed by atoms with Gasteiger partial charge in [0.15, 0.2) is 0 Å². The van der Waals surface area contributed by atoms with Gasteiger partial charge in [-0.2, -0.15) is 5.10 Å². The Balaban J connectivity index is 2.11. The number of hydrogen-bond acceptors (Lipinski definition) is 5. The molecule has 0 atom stereocenters. The summed E-state index contributed by atoms with van der Waals surface area (Å²) in [6.45, 7) is 2.46. The first-order valence-corrected chi connectivity index (χ1v) is 7.46. The van der Waals surface area contributed by atoms with Crippen LogP contribution in [0.1, 0.15) is 22.8 Å². The number of nitrogens with one attached hydrogen (secondary N) is 1. The smallest absolute Gasteiger partial charge is 0.275 e. The molecule has 24 heavy (non-hydrogen) atoms. The SMILES string of the molecule is CCOc1ccccc1/C=N\NC(=O)c1ccc(OC)cc1OC. The highest BCUT2D eigenvalue weighted by Crippen LogP contribution is 2.24. The van der Waals surface area contributed by atoms with E-state index in [-0.39, 0.29) is 5.91 Å². The summed E-state index contributed by atoms with van der Waals surface area (Å²) in [5.41, 5.74) is 3.63. The van der Waals surface area contributed by atoms with Gasteiger partial charge < -0.3 is 14.2 Å². The van der Waals surface area contributed by atoms with Gasteiger partial charge in [-0.25, -0.2) is 5.43 Å². The number of carbonyl (C=O) groups excluding carboxylic acids is 1. The lowest BCUT2D eigenvalue weighted by Gasteiger charge is -2.09. The lowest BCUT2D eigenvalue weighted by molar-refractivity contribution is 0.0952. The Hall–Kier alpha value is -3.02. The van der Waals surface area contributed by atoms with Crippen molar-refractivity contribution in [2.75, 3.05) is 20.8 Å². The van der Waals surface area contributed by atoms with Gasteiger partial charge in [-0.15, -0.1) is 0 Å². The molecule has 1 N–H and O–H groups in total. The number of hydrogen-bond donors (Lipinski definition) is 1. The number of methoxy groups -OCH3 is 2. The van der Waals surface area contributed by atoms with E-state index in [0.29, 0.717) is 29.4 Å². The fourth-order valence-corrected chi connectivity index (χ4v) is 2.08. The molecule has 126 valence electrons. The summed E-state index contributed by atoms with van der Waals surface area (Å²) in [6, 6.07) is 12.4. The second kappa shape index (κ2) is 8.57. The van der Waals surface area contributed by atoms with E-state index in [1.54, 1.807) is 31.5 Å². The molecule has 0 bridgehead atoms. The van der Waals surface area contributed by atoms with E-state index in [2.05, 4.69) is 10.5 Å². The predicted octanol–water partition coefficient (Wildman–Crippen LogP) is 2.87. The highest BCUT2D eigenvalue weighted by atomic mass is 16.5. The number of carbonyl (C=O) groups is 1. The molecule has 0 aromatic heterocycles. The van der Waals surface area contributed by atoms with Gasteiger partial charge in [-0.05, 0) is 31.2 Å². The fourth-order valence-electron chi connectivity index (χ4n) is 2.08. The van der Waals surface area contributed by atoms with E-state index in [1.165, 1.54) is 7.11 Å². The van der Waals surface area contributed by atoms with Crippen molar-refractivity contribution in [3.05, 3.63) is 53.6 Å². The van der Waals surface area contributed by atoms with E-state index >= 15 is 0 Å². The summed E-state index contributed by atoms with van der Waals surface area (Å²) < 4.78 is 15.8. The molecule has 1 amide bonds. The average molecular weight is 328 g/mol. The topological polar surface area (TPSA) is 69.2 Å². The first-order chi connectivity index (χ1) is 11.7. The third-order valence-electron chi connectivity index (χ3n) is 3.24. The molecule has 0 saturated carbocycles. The third-order valence-corrected chi connectivity index (χ3v) is 3.24. The average Bonchev–Trinajstić information content (AvgIpc) is 2.62.